The van der Waals surface area contributed by atoms with E-state index < -0.39 is 0 Å². The first-order chi connectivity index (χ1) is 11.3. The number of urea groups is 1. The largest absolute Gasteiger partial charge is 0.382 e. The van der Waals surface area contributed by atoms with Crippen molar-refractivity contribution in [2.75, 3.05) is 52.5 Å². The highest BCUT2D eigenvalue weighted by atomic mass is 16.5. The van der Waals surface area contributed by atoms with Crippen molar-refractivity contribution in [1.29, 1.82) is 0 Å². The van der Waals surface area contributed by atoms with Gasteiger partial charge in [0.2, 0.25) is 0 Å². The number of rotatable bonds is 8. The van der Waals surface area contributed by atoms with Gasteiger partial charge in [0.05, 0.1) is 0 Å². The molecule has 2 amide bonds. The topological polar surface area (TPSA) is 44.8 Å². The number of carbonyl (C=O) groups excluding carboxylic acids is 1. The first-order valence-electron chi connectivity index (χ1n) is 8.66. The molecule has 0 bridgehead atoms. The second-order valence-electron chi connectivity index (χ2n) is 5.85. The van der Waals surface area contributed by atoms with Gasteiger partial charge in [0, 0.05) is 52.5 Å². The van der Waals surface area contributed by atoms with Gasteiger partial charge in [-0.2, -0.15) is 0 Å². The third-order valence-electron chi connectivity index (χ3n) is 4.16. The zero-order chi connectivity index (χ0) is 16.3. The molecule has 5 nitrogen and oxygen atoms in total. The van der Waals surface area contributed by atoms with E-state index in [0.29, 0.717) is 13.2 Å². The molecule has 0 spiro atoms. The van der Waals surface area contributed by atoms with Crippen LogP contribution < -0.4 is 5.32 Å². The molecule has 2 rings (SSSR count). The van der Waals surface area contributed by atoms with Crippen molar-refractivity contribution < 1.29 is 9.53 Å². The maximum atomic E-state index is 12.1. The third kappa shape index (κ3) is 6.59. The summed E-state index contributed by atoms with van der Waals surface area (Å²) in [6.07, 6.45) is 1.95. The molecular formula is C18H29N3O2. The molecule has 0 unspecified atom stereocenters. The Balaban J connectivity index is 1.58. The zero-order valence-electron chi connectivity index (χ0n) is 14.2. The molecule has 1 aromatic carbocycles. The highest BCUT2D eigenvalue weighted by molar-refractivity contribution is 5.74. The van der Waals surface area contributed by atoms with Crippen LogP contribution in [0.25, 0.3) is 0 Å². The quantitative estimate of drug-likeness (QED) is 0.745. The Labute approximate surface area is 139 Å². The molecule has 0 atom stereocenters. The van der Waals surface area contributed by atoms with E-state index in [1.54, 1.807) is 0 Å². The highest BCUT2D eigenvalue weighted by Crippen LogP contribution is 2.05. The number of benzene rings is 1. The molecule has 1 saturated heterocycles. The van der Waals surface area contributed by atoms with E-state index in [2.05, 4.69) is 40.5 Å². The van der Waals surface area contributed by atoms with Crippen molar-refractivity contribution in [2.24, 2.45) is 0 Å². The minimum Gasteiger partial charge on any atom is -0.382 e. The molecule has 0 saturated carbocycles. The zero-order valence-corrected chi connectivity index (χ0v) is 14.2. The average Bonchev–Trinajstić information content (AvgIpc) is 2.61. The highest BCUT2D eigenvalue weighted by Gasteiger charge is 2.20. The molecule has 1 heterocycles. The van der Waals surface area contributed by atoms with Gasteiger partial charge < -0.3 is 15.0 Å². The van der Waals surface area contributed by atoms with Gasteiger partial charge in [0.15, 0.2) is 0 Å². The number of carbonyl (C=O) groups is 1. The number of piperazine rings is 1. The van der Waals surface area contributed by atoms with Crippen molar-refractivity contribution in [3.05, 3.63) is 35.9 Å². The summed E-state index contributed by atoms with van der Waals surface area (Å²) in [4.78, 5) is 16.4. The molecule has 1 fully saturated rings. The van der Waals surface area contributed by atoms with Gasteiger partial charge in [-0.25, -0.2) is 4.79 Å². The lowest BCUT2D eigenvalue weighted by Gasteiger charge is -2.34. The van der Waals surface area contributed by atoms with Gasteiger partial charge in [0.25, 0.3) is 0 Å². The fraction of sp³-hybridized carbons (Fsp3) is 0.611. The number of hydrogen-bond donors (Lipinski definition) is 1. The number of amides is 2. The van der Waals surface area contributed by atoms with Crippen molar-refractivity contribution in [2.45, 2.75) is 19.8 Å². The van der Waals surface area contributed by atoms with Crippen LogP contribution in [0.3, 0.4) is 0 Å². The molecule has 1 N–H and O–H groups in total. The fourth-order valence-corrected chi connectivity index (χ4v) is 2.73. The van der Waals surface area contributed by atoms with E-state index in [4.69, 9.17) is 4.74 Å². The molecule has 1 aliphatic heterocycles. The van der Waals surface area contributed by atoms with Crippen molar-refractivity contribution in [3.63, 3.8) is 0 Å². The summed E-state index contributed by atoms with van der Waals surface area (Å²) in [7, 11) is 0. The van der Waals surface area contributed by atoms with E-state index in [9.17, 15) is 4.79 Å². The maximum Gasteiger partial charge on any atom is 0.317 e. The standard InChI is InChI=1S/C18H29N3O2/c1-2-23-16-6-10-19-18(22)21-14-12-20(13-15-21)11-9-17-7-4-3-5-8-17/h3-5,7-8H,2,6,9-16H2,1H3,(H,19,22). The lowest BCUT2D eigenvalue weighted by atomic mass is 10.1. The Hall–Kier alpha value is -1.59. The first-order valence-corrected chi connectivity index (χ1v) is 8.66. The SMILES string of the molecule is CCOCCCNC(=O)N1CCN(CCc2ccccc2)CC1. The second kappa shape index (κ2) is 10.2. The predicted octanol–water partition coefficient (Wildman–Crippen LogP) is 1.98. The minimum atomic E-state index is 0.0595. The molecule has 0 aromatic heterocycles. The summed E-state index contributed by atoms with van der Waals surface area (Å²) in [6, 6.07) is 10.6. The first kappa shape index (κ1) is 17.8. The second-order valence-corrected chi connectivity index (χ2v) is 5.85. The summed E-state index contributed by atoms with van der Waals surface area (Å²) in [5, 5.41) is 2.97. The van der Waals surface area contributed by atoms with Crippen LogP contribution in [0.5, 0.6) is 0 Å². The predicted molar refractivity (Wildman–Crippen MR) is 92.7 cm³/mol. The van der Waals surface area contributed by atoms with Crippen LogP contribution in [0.2, 0.25) is 0 Å². The Bertz CT molecular complexity index is 445. The van der Waals surface area contributed by atoms with Crippen LogP contribution in [0.15, 0.2) is 30.3 Å². The summed E-state index contributed by atoms with van der Waals surface area (Å²) in [6.45, 7) is 8.72. The van der Waals surface area contributed by atoms with E-state index in [-0.39, 0.29) is 6.03 Å². The lowest BCUT2D eigenvalue weighted by molar-refractivity contribution is 0.134. The van der Waals surface area contributed by atoms with Crippen LogP contribution in [0.4, 0.5) is 4.79 Å². The molecule has 5 heteroatoms. The monoisotopic (exact) mass is 319 g/mol. The fourth-order valence-electron chi connectivity index (χ4n) is 2.73. The average molecular weight is 319 g/mol. The van der Waals surface area contributed by atoms with Gasteiger partial charge in [0.1, 0.15) is 0 Å². The smallest absolute Gasteiger partial charge is 0.317 e. The summed E-state index contributed by atoms with van der Waals surface area (Å²) in [5.74, 6) is 0. The third-order valence-corrected chi connectivity index (χ3v) is 4.16. The molecular weight excluding hydrogens is 290 g/mol. The van der Waals surface area contributed by atoms with E-state index >= 15 is 0 Å². The van der Waals surface area contributed by atoms with Gasteiger partial charge in [-0.3, -0.25) is 4.90 Å². The molecule has 0 aliphatic carbocycles. The van der Waals surface area contributed by atoms with Crippen LogP contribution in [-0.2, 0) is 11.2 Å². The van der Waals surface area contributed by atoms with Crippen molar-refractivity contribution in [3.8, 4) is 0 Å². The maximum absolute atomic E-state index is 12.1. The Morgan fingerprint density at radius 3 is 2.61 bits per heavy atom. The van der Waals surface area contributed by atoms with E-state index in [1.807, 2.05) is 11.8 Å². The van der Waals surface area contributed by atoms with Gasteiger partial charge in [-0.05, 0) is 25.3 Å². The number of nitrogens with one attached hydrogen (secondary N) is 1. The van der Waals surface area contributed by atoms with Gasteiger partial charge in [-0.1, -0.05) is 30.3 Å². The molecule has 128 valence electrons. The van der Waals surface area contributed by atoms with E-state index in [1.165, 1.54) is 5.56 Å². The number of hydrogen-bond acceptors (Lipinski definition) is 3. The van der Waals surface area contributed by atoms with Crippen LogP contribution in [0.1, 0.15) is 18.9 Å². The van der Waals surface area contributed by atoms with Gasteiger partial charge >= 0.3 is 6.03 Å². The molecule has 23 heavy (non-hydrogen) atoms. The van der Waals surface area contributed by atoms with Crippen molar-refractivity contribution in [1.82, 2.24) is 15.1 Å². The van der Waals surface area contributed by atoms with E-state index in [0.717, 1.165) is 52.2 Å². The normalized spacial score (nSPS) is 15.6. The summed E-state index contributed by atoms with van der Waals surface area (Å²) >= 11 is 0. The Kier molecular flexibility index (Phi) is 7.90. The van der Waals surface area contributed by atoms with Crippen LogP contribution in [-0.4, -0.2) is 68.3 Å². The molecule has 1 aromatic rings. The van der Waals surface area contributed by atoms with Crippen LogP contribution in [0, 0.1) is 0 Å². The Morgan fingerprint density at radius 2 is 1.91 bits per heavy atom. The van der Waals surface area contributed by atoms with Crippen LogP contribution >= 0.6 is 0 Å². The number of ether oxygens (including phenoxy) is 1. The summed E-state index contributed by atoms with van der Waals surface area (Å²) in [5.41, 5.74) is 1.38. The summed E-state index contributed by atoms with van der Waals surface area (Å²) < 4.78 is 5.27. The van der Waals surface area contributed by atoms with Gasteiger partial charge in [-0.15, -0.1) is 0 Å². The minimum absolute atomic E-state index is 0.0595. The number of nitrogens with zero attached hydrogens (tertiary/aromatic N) is 2. The Morgan fingerprint density at radius 1 is 1.17 bits per heavy atom. The molecule has 1 aliphatic rings. The lowest BCUT2D eigenvalue weighted by Crippen LogP contribution is -2.52. The molecule has 0 radical (unpaired) electrons. The van der Waals surface area contributed by atoms with Crippen molar-refractivity contribution >= 4 is 6.03 Å².